The van der Waals surface area contributed by atoms with Crippen molar-refractivity contribution in [2.45, 2.75) is 20.8 Å². The topological polar surface area (TPSA) is 193 Å². The van der Waals surface area contributed by atoms with Gasteiger partial charge in [0.25, 0.3) is 5.97 Å². The van der Waals surface area contributed by atoms with E-state index in [0.717, 1.165) is 20.8 Å². The molecule has 0 bridgehead atoms. The zero-order valence-electron chi connectivity index (χ0n) is 9.85. The van der Waals surface area contributed by atoms with Crippen LogP contribution in [0.1, 0.15) is 20.8 Å². The van der Waals surface area contributed by atoms with Crippen LogP contribution in [0, 0.1) is 5.41 Å². The largest absolute Gasteiger partial charge is 2.00 e. The summed E-state index contributed by atoms with van der Waals surface area (Å²) in [5, 5.41) is 31.2. The number of hydrogen-bond donors (Lipinski definition) is 4. The first kappa shape index (κ1) is 36.0. The van der Waals surface area contributed by atoms with Gasteiger partial charge in [0.05, 0.1) is 0 Å². The van der Waals surface area contributed by atoms with E-state index in [2.05, 4.69) is 11.5 Å². The molecule has 0 saturated carbocycles. The summed E-state index contributed by atoms with van der Waals surface area (Å²) in [5.41, 5.74) is 8.94. The zero-order valence-corrected chi connectivity index (χ0v) is 11.6. The summed E-state index contributed by atoms with van der Waals surface area (Å²) in [6.07, 6.45) is 0. The van der Waals surface area contributed by atoms with E-state index in [1.54, 1.807) is 0 Å². The fourth-order valence-electron chi connectivity index (χ4n) is 0. The van der Waals surface area contributed by atoms with Crippen LogP contribution in [0.15, 0.2) is 0 Å². The van der Waals surface area contributed by atoms with E-state index in [1.807, 2.05) is 0 Å². The molecule has 0 unspecified atom stereocenters. The molecule has 0 fully saturated rings. The fourth-order valence-corrected chi connectivity index (χ4v) is 0. The molecular weight excluding hydrogens is 321 g/mol. The maximum absolute atomic E-state index is 9.00. The molecule has 11 heteroatoms. The quantitative estimate of drug-likeness (QED) is 0.202. The van der Waals surface area contributed by atoms with Gasteiger partial charge in [-0.2, -0.15) is 0 Å². The Morgan fingerprint density at radius 2 is 1.00 bits per heavy atom. The van der Waals surface area contributed by atoms with Crippen LogP contribution in [0.2, 0.25) is 0 Å². The molecule has 0 aliphatic rings. The van der Waals surface area contributed by atoms with E-state index in [0.29, 0.717) is 0 Å². The van der Waals surface area contributed by atoms with Gasteiger partial charge in [0.15, 0.2) is 5.96 Å². The monoisotopic (exact) mass is 336 g/mol. The maximum atomic E-state index is 9.00. The number of aliphatic carboxylic acids is 3. The number of carboxylic acids is 3. The third-order valence-corrected chi connectivity index (χ3v) is 0. The van der Waals surface area contributed by atoms with E-state index in [9.17, 15) is 0 Å². The second-order valence-corrected chi connectivity index (χ2v) is 1.96. The van der Waals surface area contributed by atoms with Crippen LogP contribution < -0.4 is 21.7 Å². The van der Waals surface area contributed by atoms with Crippen LogP contribution in [-0.4, -0.2) is 29.0 Å². The Morgan fingerprint density at radius 3 is 1.00 bits per heavy atom. The Kier molecular flexibility index (Phi) is 59.0. The molecule has 0 aliphatic carbocycles. The molecule has 18 heavy (non-hydrogen) atoms. The van der Waals surface area contributed by atoms with Crippen LogP contribution in [0.5, 0.6) is 0 Å². The minimum atomic E-state index is -1.08. The minimum Gasteiger partial charge on any atom is -0.550 e. The van der Waals surface area contributed by atoms with Crippen LogP contribution >= 0.6 is 12.4 Å². The van der Waals surface area contributed by atoms with Gasteiger partial charge in [-0.1, -0.05) is 0 Å². The van der Waals surface area contributed by atoms with Crippen molar-refractivity contribution in [3.8, 4) is 0 Å². The maximum Gasteiger partial charge on any atom is 2.00 e. The Morgan fingerprint density at radius 1 is 1.00 bits per heavy atom. The third kappa shape index (κ3) is 1160. The molecule has 0 atom stereocenters. The fraction of sp³-hybridized carbons (Fsp3) is 0.429. The Balaban J connectivity index is -0.0000000257. The average molecular weight is 337 g/mol. The third-order valence-electron chi connectivity index (χ3n) is 0. The van der Waals surface area contributed by atoms with Crippen molar-refractivity contribution in [2.24, 2.45) is 11.5 Å². The second kappa shape index (κ2) is 29.6. The first-order valence-corrected chi connectivity index (χ1v) is 3.57. The molecule has 0 aromatic heterocycles. The zero-order chi connectivity index (χ0) is 14.3. The molecule has 113 valence electrons. The smallest absolute Gasteiger partial charge is 0.550 e. The summed E-state index contributed by atoms with van der Waals surface area (Å²) in [5.74, 6) is -3.33. The van der Waals surface area contributed by atoms with Gasteiger partial charge < -0.3 is 36.4 Å². The predicted molar refractivity (Wildman–Crippen MR) is 58.0 cm³/mol. The number of nitrogens with one attached hydrogen (secondary N) is 1. The number of hydrogen-bond acceptors (Lipinski definition) is 6. The molecule has 1 radical (unpaired) electrons. The summed E-state index contributed by atoms with van der Waals surface area (Å²) in [4.78, 5) is 26.8. The minimum absolute atomic E-state index is 0. The molecule has 0 aromatic rings. The number of carboxylic acid groups (broad SMARTS) is 3. The van der Waals surface area contributed by atoms with E-state index < -0.39 is 17.9 Å². The van der Waals surface area contributed by atoms with Crippen molar-refractivity contribution in [3.63, 3.8) is 0 Å². The van der Waals surface area contributed by atoms with Crippen molar-refractivity contribution in [1.29, 1.82) is 5.41 Å². The molecule has 6 N–H and O–H groups in total. The van der Waals surface area contributed by atoms with Crippen molar-refractivity contribution in [1.82, 2.24) is 0 Å². The number of carbonyl (C=O) groups is 3. The van der Waals surface area contributed by atoms with Gasteiger partial charge in [-0.3, -0.25) is 10.2 Å². The van der Waals surface area contributed by atoms with E-state index in [1.165, 1.54) is 0 Å². The van der Waals surface area contributed by atoms with Crippen LogP contribution in [-0.2, 0) is 31.5 Å². The van der Waals surface area contributed by atoms with Gasteiger partial charge in [0.2, 0.25) is 0 Å². The molecule has 0 rings (SSSR count). The van der Waals surface area contributed by atoms with Crippen molar-refractivity contribution in [3.05, 3.63) is 0 Å². The van der Waals surface area contributed by atoms with E-state index in [4.69, 9.17) is 35.1 Å². The molecule has 0 spiro atoms. The number of rotatable bonds is 0. The summed E-state index contributed by atoms with van der Waals surface area (Å²) >= 11 is 0. The van der Waals surface area contributed by atoms with Crippen molar-refractivity contribution < 1.29 is 46.8 Å². The summed E-state index contributed by atoms with van der Waals surface area (Å²) < 4.78 is 0. The standard InChI is InChI=1S/3C2H4O2.CH5N3.ClH.Cu/c3*1-2(3)4;2-1(3)4;;/h3*1H3,(H,3,4);(H5,2,3,4);1H;/q;;;;;+2/p-2. The van der Waals surface area contributed by atoms with Gasteiger partial charge in [-0.25, -0.2) is 0 Å². The number of nitrogens with two attached hydrogens (primary N) is 2. The molecule has 0 heterocycles. The Labute approximate surface area is 121 Å². The van der Waals surface area contributed by atoms with Crippen LogP contribution in [0.3, 0.4) is 0 Å². The summed E-state index contributed by atoms with van der Waals surface area (Å²) in [6.45, 7) is 3.03. The first-order chi connectivity index (χ1) is 6.93. The van der Waals surface area contributed by atoms with Gasteiger partial charge in [-0.15, -0.1) is 12.4 Å². The average Bonchev–Trinajstić information content (AvgIpc) is 1.76. The normalized spacial score (nSPS) is 5.50. The predicted octanol–water partition coefficient (Wildman–Crippen LogP) is -3.14. The van der Waals surface area contributed by atoms with Crippen molar-refractivity contribution in [2.75, 3.05) is 0 Å². The van der Waals surface area contributed by atoms with E-state index >= 15 is 0 Å². The Hall–Kier alpha value is -1.51. The molecule has 0 aliphatic heterocycles. The van der Waals surface area contributed by atoms with Gasteiger partial charge in [0.1, 0.15) is 0 Å². The number of carbonyl (C=O) groups excluding carboxylic acids is 2. The molecular formula is C7H16ClCuN3O6. The molecule has 0 aromatic carbocycles. The van der Waals surface area contributed by atoms with E-state index in [-0.39, 0.29) is 35.4 Å². The number of guanidine groups is 1. The Bertz CT molecular complexity index is 175. The van der Waals surface area contributed by atoms with Crippen molar-refractivity contribution >= 4 is 36.3 Å². The molecule has 0 saturated heterocycles. The van der Waals surface area contributed by atoms with Gasteiger partial charge in [-0.05, 0) is 13.8 Å². The van der Waals surface area contributed by atoms with Crippen LogP contribution in [0.4, 0.5) is 0 Å². The second-order valence-electron chi connectivity index (χ2n) is 1.96. The summed E-state index contributed by atoms with van der Waals surface area (Å²) in [7, 11) is 0. The first-order valence-electron chi connectivity index (χ1n) is 3.57. The molecule has 0 amide bonds. The molecule has 9 nitrogen and oxygen atoms in total. The summed E-state index contributed by atoms with van der Waals surface area (Å²) in [6, 6.07) is 0. The number of halogens is 1. The van der Waals surface area contributed by atoms with Gasteiger partial charge in [0, 0.05) is 18.9 Å². The SMILES string of the molecule is CC(=O)O.CC(=O)[O-].CC(=O)[O-].Cl.N=C(N)N.[Cu+2]. The van der Waals surface area contributed by atoms with Crippen LogP contribution in [0.25, 0.3) is 0 Å². The van der Waals surface area contributed by atoms with Gasteiger partial charge >= 0.3 is 17.1 Å².